The van der Waals surface area contributed by atoms with Crippen LogP contribution in [0.15, 0.2) is 48.7 Å². The SMILES string of the molecule is c1cc(CNc2ccc(-c3nnc4n3CCCC4)cc2)c2[nH]ncc2c1. The second kappa shape index (κ2) is 6.29. The van der Waals surface area contributed by atoms with Gasteiger partial charge in [0.25, 0.3) is 0 Å². The molecule has 5 rings (SSSR count). The first-order chi connectivity index (χ1) is 12.9. The molecule has 130 valence electrons. The summed E-state index contributed by atoms with van der Waals surface area (Å²) in [7, 11) is 0. The van der Waals surface area contributed by atoms with E-state index in [-0.39, 0.29) is 0 Å². The van der Waals surface area contributed by atoms with Crippen molar-refractivity contribution >= 4 is 16.6 Å². The second-order valence-corrected chi connectivity index (χ2v) is 6.73. The van der Waals surface area contributed by atoms with E-state index in [2.05, 4.69) is 72.7 Å². The van der Waals surface area contributed by atoms with Gasteiger partial charge in [-0.05, 0) is 42.7 Å². The van der Waals surface area contributed by atoms with Crippen LogP contribution in [-0.2, 0) is 19.5 Å². The van der Waals surface area contributed by atoms with Crippen molar-refractivity contribution < 1.29 is 0 Å². The van der Waals surface area contributed by atoms with Gasteiger partial charge in [0, 0.05) is 36.1 Å². The molecule has 3 heterocycles. The lowest BCUT2D eigenvalue weighted by molar-refractivity contribution is 0.526. The third-order valence-corrected chi connectivity index (χ3v) is 5.05. The lowest BCUT2D eigenvalue weighted by Gasteiger charge is -2.15. The average Bonchev–Trinajstić information content (AvgIpc) is 3.34. The Balaban J connectivity index is 1.34. The summed E-state index contributed by atoms with van der Waals surface area (Å²) in [6.45, 7) is 1.77. The lowest BCUT2D eigenvalue weighted by Crippen LogP contribution is -2.11. The van der Waals surface area contributed by atoms with E-state index < -0.39 is 0 Å². The fourth-order valence-electron chi connectivity index (χ4n) is 3.63. The van der Waals surface area contributed by atoms with Crippen LogP contribution in [0.25, 0.3) is 22.3 Å². The molecule has 0 atom stereocenters. The van der Waals surface area contributed by atoms with E-state index in [4.69, 9.17) is 0 Å². The highest BCUT2D eigenvalue weighted by molar-refractivity contribution is 5.81. The number of hydrogen-bond donors (Lipinski definition) is 2. The molecule has 0 radical (unpaired) electrons. The van der Waals surface area contributed by atoms with Crippen molar-refractivity contribution in [2.75, 3.05) is 5.32 Å². The molecule has 0 fully saturated rings. The van der Waals surface area contributed by atoms with E-state index in [1.54, 1.807) is 0 Å². The van der Waals surface area contributed by atoms with Crippen LogP contribution in [0.5, 0.6) is 0 Å². The van der Waals surface area contributed by atoms with Crippen molar-refractivity contribution in [3.63, 3.8) is 0 Å². The number of aryl methyl sites for hydroxylation is 1. The fraction of sp³-hybridized carbons (Fsp3) is 0.250. The van der Waals surface area contributed by atoms with E-state index in [1.807, 2.05) is 6.20 Å². The molecule has 2 N–H and O–H groups in total. The van der Waals surface area contributed by atoms with Crippen molar-refractivity contribution in [1.82, 2.24) is 25.0 Å². The summed E-state index contributed by atoms with van der Waals surface area (Å²) >= 11 is 0. The maximum atomic E-state index is 4.40. The number of nitrogens with one attached hydrogen (secondary N) is 2. The Kier molecular flexibility index (Phi) is 3.66. The van der Waals surface area contributed by atoms with Gasteiger partial charge in [0.15, 0.2) is 5.82 Å². The molecule has 0 amide bonds. The van der Waals surface area contributed by atoms with Gasteiger partial charge in [0.05, 0.1) is 11.7 Å². The molecule has 1 aliphatic rings. The summed E-state index contributed by atoms with van der Waals surface area (Å²) in [6.07, 6.45) is 5.31. The molecule has 2 aromatic carbocycles. The van der Waals surface area contributed by atoms with Crippen molar-refractivity contribution in [2.45, 2.75) is 32.4 Å². The Hall–Kier alpha value is -3.15. The Morgan fingerprint density at radius 3 is 2.88 bits per heavy atom. The van der Waals surface area contributed by atoms with E-state index in [0.29, 0.717) is 0 Å². The number of hydrogen-bond acceptors (Lipinski definition) is 4. The van der Waals surface area contributed by atoms with Crippen LogP contribution in [0.1, 0.15) is 24.2 Å². The summed E-state index contributed by atoms with van der Waals surface area (Å²) in [5, 5.41) is 20.6. The van der Waals surface area contributed by atoms with Gasteiger partial charge in [-0.25, -0.2) is 0 Å². The van der Waals surface area contributed by atoms with Crippen LogP contribution in [-0.4, -0.2) is 25.0 Å². The summed E-state index contributed by atoms with van der Waals surface area (Å²) < 4.78 is 2.25. The summed E-state index contributed by atoms with van der Waals surface area (Å²) in [5.74, 6) is 2.09. The molecular formula is C20H20N6. The number of H-pyrrole nitrogens is 1. The topological polar surface area (TPSA) is 71.4 Å². The number of fused-ring (bicyclic) bond motifs is 2. The van der Waals surface area contributed by atoms with Crippen molar-refractivity contribution in [1.29, 1.82) is 0 Å². The maximum absolute atomic E-state index is 4.40. The van der Waals surface area contributed by atoms with Crippen LogP contribution < -0.4 is 5.32 Å². The van der Waals surface area contributed by atoms with Gasteiger partial charge in [0.2, 0.25) is 0 Å². The highest BCUT2D eigenvalue weighted by Crippen LogP contribution is 2.24. The first kappa shape index (κ1) is 15.1. The molecule has 0 bridgehead atoms. The smallest absolute Gasteiger partial charge is 0.163 e. The normalized spacial score (nSPS) is 13.7. The number of benzene rings is 2. The van der Waals surface area contributed by atoms with Crippen LogP contribution >= 0.6 is 0 Å². The molecule has 2 aromatic heterocycles. The molecule has 4 aromatic rings. The molecule has 0 saturated heterocycles. The van der Waals surface area contributed by atoms with E-state index in [0.717, 1.165) is 53.3 Å². The van der Waals surface area contributed by atoms with E-state index in [1.165, 1.54) is 18.4 Å². The maximum Gasteiger partial charge on any atom is 0.163 e. The van der Waals surface area contributed by atoms with Gasteiger partial charge in [-0.3, -0.25) is 5.10 Å². The highest BCUT2D eigenvalue weighted by atomic mass is 15.3. The minimum Gasteiger partial charge on any atom is -0.381 e. The Morgan fingerprint density at radius 1 is 1.04 bits per heavy atom. The standard InChI is InChI=1S/C20H20N6/c1-2-11-26-18(6-1)23-25-20(26)14-7-9-17(10-8-14)21-12-15-4-3-5-16-13-22-24-19(15)16/h3-5,7-10,13,21H,1-2,6,11-12H2,(H,22,24). The zero-order valence-electron chi connectivity index (χ0n) is 14.4. The first-order valence-electron chi connectivity index (χ1n) is 9.06. The van der Waals surface area contributed by atoms with Gasteiger partial charge in [-0.2, -0.15) is 5.10 Å². The highest BCUT2D eigenvalue weighted by Gasteiger charge is 2.16. The third kappa shape index (κ3) is 2.63. The Morgan fingerprint density at radius 2 is 1.96 bits per heavy atom. The molecule has 0 spiro atoms. The number of aromatic amines is 1. The largest absolute Gasteiger partial charge is 0.381 e. The van der Waals surface area contributed by atoms with E-state index >= 15 is 0 Å². The van der Waals surface area contributed by atoms with Crippen LogP contribution in [0.4, 0.5) is 5.69 Å². The quantitative estimate of drug-likeness (QED) is 0.591. The average molecular weight is 344 g/mol. The first-order valence-corrected chi connectivity index (χ1v) is 9.06. The second-order valence-electron chi connectivity index (χ2n) is 6.73. The van der Waals surface area contributed by atoms with Crippen LogP contribution in [0.2, 0.25) is 0 Å². The number of nitrogens with zero attached hydrogens (tertiary/aromatic N) is 4. The number of anilines is 1. The predicted octanol–water partition coefficient (Wildman–Crippen LogP) is 3.77. The molecule has 6 nitrogen and oxygen atoms in total. The fourth-order valence-corrected chi connectivity index (χ4v) is 3.63. The number of para-hydroxylation sites is 1. The number of rotatable bonds is 4. The van der Waals surface area contributed by atoms with Crippen molar-refractivity contribution in [3.8, 4) is 11.4 Å². The van der Waals surface area contributed by atoms with Crippen LogP contribution in [0, 0.1) is 0 Å². The minimum absolute atomic E-state index is 0.749. The molecule has 0 unspecified atom stereocenters. The summed E-state index contributed by atoms with van der Waals surface area (Å²) in [6, 6.07) is 14.7. The minimum atomic E-state index is 0.749. The molecule has 1 aliphatic heterocycles. The van der Waals surface area contributed by atoms with Crippen molar-refractivity contribution in [2.24, 2.45) is 0 Å². The van der Waals surface area contributed by atoms with Crippen molar-refractivity contribution in [3.05, 3.63) is 60.0 Å². The number of aromatic nitrogens is 5. The van der Waals surface area contributed by atoms with Crippen LogP contribution in [0.3, 0.4) is 0 Å². The summed E-state index contributed by atoms with van der Waals surface area (Å²) in [4.78, 5) is 0. The lowest BCUT2D eigenvalue weighted by atomic mass is 10.1. The van der Waals surface area contributed by atoms with E-state index in [9.17, 15) is 0 Å². The zero-order valence-corrected chi connectivity index (χ0v) is 14.4. The molecular weight excluding hydrogens is 324 g/mol. The molecule has 0 aliphatic carbocycles. The third-order valence-electron chi connectivity index (χ3n) is 5.05. The summed E-state index contributed by atoms with van der Waals surface area (Å²) in [5.41, 5.74) is 4.50. The van der Waals surface area contributed by atoms with Gasteiger partial charge in [-0.15, -0.1) is 10.2 Å². The van der Waals surface area contributed by atoms with Gasteiger partial charge >= 0.3 is 0 Å². The van der Waals surface area contributed by atoms with Gasteiger partial charge in [0.1, 0.15) is 5.82 Å². The Labute approximate surface area is 151 Å². The van der Waals surface area contributed by atoms with Gasteiger partial charge < -0.3 is 9.88 Å². The molecule has 0 saturated carbocycles. The molecule has 6 heteroatoms. The zero-order chi connectivity index (χ0) is 17.3. The van der Waals surface area contributed by atoms with Gasteiger partial charge in [-0.1, -0.05) is 18.2 Å². The Bertz CT molecular complexity index is 1040. The monoisotopic (exact) mass is 344 g/mol. The molecule has 26 heavy (non-hydrogen) atoms. The predicted molar refractivity (Wildman–Crippen MR) is 102 cm³/mol.